The zero-order valence-corrected chi connectivity index (χ0v) is 16.5. The largest absolute Gasteiger partial charge is 0.334 e. The Bertz CT molecular complexity index is 754. The molecule has 0 spiro atoms. The molecule has 1 aromatic carbocycles. The standard InChI is InChI=1S/C22H31N5O/c28-22(23-16-18-7-4-11-21(15-18)27-14-6-12-24-27)25-19-8-5-13-26(17-19)20-9-2-1-3-10-20/h4,6-7,11-12,14-15,19-20H,1-3,5,8-10,13,16-17H2,(H2,23,25,28). The van der Waals surface area contributed by atoms with Crippen molar-refractivity contribution in [2.24, 2.45) is 0 Å². The molecule has 4 rings (SSSR count). The number of hydrogen-bond donors (Lipinski definition) is 2. The molecule has 2 heterocycles. The number of nitrogens with one attached hydrogen (secondary N) is 2. The Hall–Kier alpha value is -2.34. The normalized spacial score (nSPS) is 21.4. The molecular weight excluding hydrogens is 350 g/mol. The zero-order valence-electron chi connectivity index (χ0n) is 16.5. The lowest BCUT2D eigenvalue weighted by atomic mass is 9.92. The van der Waals surface area contributed by atoms with E-state index < -0.39 is 0 Å². The van der Waals surface area contributed by atoms with Crippen molar-refractivity contribution in [1.29, 1.82) is 0 Å². The van der Waals surface area contributed by atoms with Gasteiger partial charge in [-0.1, -0.05) is 31.4 Å². The molecular formula is C22H31N5O. The smallest absolute Gasteiger partial charge is 0.315 e. The van der Waals surface area contributed by atoms with Gasteiger partial charge in [-0.3, -0.25) is 4.90 Å². The van der Waals surface area contributed by atoms with Crippen LogP contribution in [0, 0.1) is 0 Å². The van der Waals surface area contributed by atoms with Crippen molar-refractivity contribution in [3.05, 3.63) is 48.3 Å². The first-order valence-electron chi connectivity index (χ1n) is 10.7. The van der Waals surface area contributed by atoms with Gasteiger partial charge in [-0.2, -0.15) is 5.10 Å². The van der Waals surface area contributed by atoms with Gasteiger partial charge in [0, 0.05) is 37.6 Å². The molecule has 1 aromatic heterocycles. The van der Waals surface area contributed by atoms with E-state index in [1.807, 2.05) is 35.1 Å². The molecule has 2 amide bonds. The first kappa shape index (κ1) is 19.0. The average Bonchev–Trinajstić information content (AvgIpc) is 3.28. The number of piperidine rings is 1. The molecule has 1 atom stereocenters. The van der Waals surface area contributed by atoms with Crippen LogP contribution in [-0.4, -0.2) is 45.9 Å². The van der Waals surface area contributed by atoms with Crippen LogP contribution in [-0.2, 0) is 6.54 Å². The van der Waals surface area contributed by atoms with Crippen LogP contribution < -0.4 is 10.6 Å². The lowest BCUT2D eigenvalue weighted by Crippen LogP contribution is -2.53. The van der Waals surface area contributed by atoms with Crippen LogP contribution >= 0.6 is 0 Å². The Balaban J connectivity index is 1.26. The van der Waals surface area contributed by atoms with Crippen molar-refractivity contribution in [3.8, 4) is 5.69 Å². The van der Waals surface area contributed by atoms with Gasteiger partial charge in [0.2, 0.25) is 0 Å². The molecule has 28 heavy (non-hydrogen) atoms. The third-order valence-corrected chi connectivity index (χ3v) is 6.01. The second kappa shape index (κ2) is 9.24. The van der Waals surface area contributed by atoms with Crippen LogP contribution in [0.3, 0.4) is 0 Å². The molecule has 2 aromatic rings. The number of benzene rings is 1. The molecule has 1 saturated heterocycles. The highest BCUT2D eigenvalue weighted by molar-refractivity contribution is 5.74. The van der Waals surface area contributed by atoms with E-state index in [0.717, 1.165) is 30.3 Å². The van der Waals surface area contributed by atoms with E-state index in [1.165, 1.54) is 45.1 Å². The third kappa shape index (κ3) is 4.93. The molecule has 1 unspecified atom stereocenters. The highest BCUT2D eigenvalue weighted by atomic mass is 16.2. The first-order valence-corrected chi connectivity index (χ1v) is 10.7. The van der Waals surface area contributed by atoms with Crippen LogP contribution in [0.1, 0.15) is 50.5 Å². The number of nitrogens with zero attached hydrogens (tertiary/aromatic N) is 3. The summed E-state index contributed by atoms with van der Waals surface area (Å²) in [6.45, 7) is 2.69. The minimum Gasteiger partial charge on any atom is -0.334 e. The van der Waals surface area contributed by atoms with Crippen LogP contribution in [0.5, 0.6) is 0 Å². The fourth-order valence-electron chi connectivity index (χ4n) is 4.55. The van der Waals surface area contributed by atoms with Crippen molar-refractivity contribution < 1.29 is 4.79 Å². The summed E-state index contributed by atoms with van der Waals surface area (Å²) in [5.74, 6) is 0. The van der Waals surface area contributed by atoms with E-state index in [9.17, 15) is 4.79 Å². The predicted molar refractivity (Wildman–Crippen MR) is 110 cm³/mol. The van der Waals surface area contributed by atoms with E-state index in [2.05, 4.69) is 26.7 Å². The fourth-order valence-corrected chi connectivity index (χ4v) is 4.55. The molecule has 2 aliphatic rings. The molecule has 0 radical (unpaired) electrons. The van der Waals surface area contributed by atoms with Gasteiger partial charge >= 0.3 is 6.03 Å². The van der Waals surface area contributed by atoms with Gasteiger partial charge in [0.25, 0.3) is 0 Å². The summed E-state index contributed by atoms with van der Waals surface area (Å²) in [5, 5.41) is 10.5. The van der Waals surface area contributed by atoms with Gasteiger partial charge in [0.05, 0.1) is 5.69 Å². The maximum absolute atomic E-state index is 12.4. The van der Waals surface area contributed by atoms with Gasteiger partial charge in [0.15, 0.2) is 0 Å². The lowest BCUT2D eigenvalue weighted by Gasteiger charge is -2.40. The highest BCUT2D eigenvalue weighted by Crippen LogP contribution is 2.25. The number of likely N-dealkylation sites (tertiary alicyclic amines) is 1. The highest BCUT2D eigenvalue weighted by Gasteiger charge is 2.27. The summed E-state index contributed by atoms with van der Waals surface area (Å²) in [6.07, 6.45) is 12.7. The Morgan fingerprint density at radius 2 is 2.00 bits per heavy atom. The third-order valence-electron chi connectivity index (χ3n) is 6.01. The number of hydrogen-bond acceptors (Lipinski definition) is 3. The Kier molecular flexibility index (Phi) is 6.27. The van der Waals surface area contributed by atoms with E-state index >= 15 is 0 Å². The van der Waals surface area contributed by atoms with Gasteiger partial charge in [-0.25, -0.2) is 9.48 Å². The summed E-state index contributed by atoms with van der Waals surface area (Å²) in [5.41, 5.74) is 2.07. The summed E-state index contributed by atoms with van der Waals surface area (Å²) in [4.78, 5) is 15.0. The first-order chi connectivity index (χ1) is 13.8. The van der Waals surface area contributed by atoms with Gasteiger partial charge < -0.3 is 10.6 Å². The second-order valence-electron chi connectivity index (χ2n) is 8.07. The van der Waals surface area contributed by atoms with Gasteiger partial charge in [0.1, 0.15) is 0 Å². The minimum atomic E-state index is -0.0695. The second-order valence-corrected chi connectivity index (χ2v) is 8.07. The molecule has 0 bridgehead atoms. The number of aromatic nitrogens is 2. The molecule has 1 aliphatic heterocycles. The summed E-state index contributed by atoms with van der Waals surface area (Å²) in [6, 6.07) is 10.9. The van der Waals surface area contributed by atoms with Crippen molar-refractivity contribution in [2.45, 2.75) is 63.6 Å². The van der Waals surface area contributed by atoms with Crippen LogP contribution in [0.15, 0.2) is 42.7 Å². The van der Waals surface area contributed by atoms with Crippen molar-refractivity contribution in [3.63, 3.8) is 0 Å². The number of rotatable bonds is 5. The lowest BCUT2D eigenvalue weighted by molar-refractivity contribution is 0.112. The summed E-state index contributed by atoms with van der Waals surface area (Å²) < 4.78 is 1.82. The molecule has 1 saturated carbocycles. The van der Waals surface area contributed by atoms with E-state index in [-0.39, 0.29) is 12.1 Å². The molecule has 2 fully saturated rings. The van der Waals surface area contributed by atoms with Gasteiger partial charge in [-0.05, 0) is 56.0 Å². The topological polar surface area (TPSA) is 62.2 Å². The van der Waals surface area contributed by atoms with E-state index in [4.69, 9.17) is 0 Å². The average molecular weight is 382 g/mol. The molecule has 2 N–H and O–H groups in total. The molecule has 1 aliphatic carbocycles. The maximum Gasteiger partial charge on any atom is 0.315 e. The number of urea groups is 1. The van der Waals surface area contributed by atoms with Crippen molar-refractivity contribution in [1.82, 2.24) is 25.3 Å². The Morgan fingerprint density at radius 3 is 2.82 bits per heavy atom. The fraction of sp³-hybridized carbons (Fsp3) is 0.545. The molecule has 150 valence electrons. The quantitative estimate of drug-likeness (QED) is 0.834. The molecule has 6 nitrogen and oxygen atoms in total. The van der Waals surface area contributed by atoms with E-state index in [1.54, 1.807) is 6.20 Å². The molecule has 6 heteroatoms. The maximum atomic E-state index is 12.4. The number of carbonyl (C=O) groups is 1. The van der Waals surface area contributed by atoms with Crippen LogP contribution in [0.4, 0.5) is 4.79 Å². The van der Waals surface area contributed by atoms with Crippen molar-refractivity contribution >= 4 is 6.03 Å². The Labute approximate surface area is 167 Å². The van der Waals surface area contributed by atoms with E-state index in [0.29, 0.717) is 6.54 Å². The van der Waals surface area contributed by atoms with Crippen molar-refractivity contribution in [2.75, 3.05) is 13.1 Å². The van der Waals surface area contributed by atoms with Gasteiger partial charge in [-0.15, -0.1) is 0 Å². The minimum absolute atomic E-state index is 0.0695. The summed E-state index contributed by atoms with van der Waals surface area (Å²) in [7, 11) is 0. The SMILES string of the molecule is O=C(NCc1cccc(-n2cccn2)c1)NC1CCCN(C2CCCCC2)C1. The van der Waals surface area contributed by atoms with Crippen LogP contribution in [0.2, 0.25) is 0 Å². The number of amides is 2. The Morgan fingerprint density at radius 1 is 1.11 bits per heavy atom. The predicted octanol–water partition coefficient (Wildman–Crippen LogP) is 3.47. The summed E-state index contributed by atoms with van der Waals surface area (Å²) >= 11 is 0. The van der Waals surface area contributed by atoms with Crippen LogP contribution in [0.25, 0.3) is 5.69 Å². The monoisotopic (exact) mass is 381 g/mol. The zero-order chi connectivity index (χ0) is 19.2. The number of carbonyl (C=O) groups excluding carboxylic acids is 1.